The second-order valence-electron chi connectivity index (χ2n) is 7.15. The van der Waals surface area contributed by atoms with E-state index in [9.17, 15) is 14.4 Å². The van der Waals surface area contributed by atoms with Crippen molar-refractivity contribution < 1.29 is 24.0 Å². The Morgan fingerprint density at radius 2 is 1.86 bits per heavy atom. The fourth-order valence-corrected chi connectivity index (χ4v) is 3.35. The maximum atomic E-state index is 12.8. The van der Waals surface area contributed by atoms with Crippen molar-refractivity contribution in [1.29, 1.82) is 0 Å². The summed E-state index contributed by atoms with van der Waals surface area (Å²) in [6.07, 6.45) is 1.24. The van der Waals surface area contributed by atoms with Gasteiger partial charge in [-0.25, -0.2) is 0 Å². The molecule has 154 valence electrons. The van der Waals surface area contributed by atoms with Gasteiger partial charge in [0.1, 0.15) is 0 Å². The second-order valence-corrected chi connectivity index (χ2v) is 7.59. The smallest absolute Gasteiger partial charge is 0.309 e. The number of benzene rings is 1. The van der Waals surface area contributed by atoms with E-state index >= 15 is 0 Å². The highest BCUT2D eigenvalue weighted by atomic mass is 35.5. The van der Waals surface area contributed by atoms with Gasteiger partial charge in [-0.3, -0.25) is 14.4 Å². The van der Waals surface area contributed by atoms with Crippen LogP contribution in [-0.2, 0) is 19.1 Å². The van der Waals surface area contributed by atoms with E-state index in [1.165, 1.54) is 0 Å². The maximum absolute atomic E-state index is 12.8. The maximum Gasteiger partial charge on any atom is 0.309 e. The highest BCUT2D eigenvalue weighted by Gasteiger charge is 2.33. The number of nitrogens with zero attached hydrogens (tertiary/aromatic N) is 1. The van der Waals surface area contributed by atoms with E-state index in [1.807, 2.05) is 14.0 Å². The van der Waals surface area contributed by atoms with E-state index in [1.54, 1.807) is 36.1 Å². The number of anilines is 1. The third-order valence-electron chi connectivity index (χ3n) is 5.10. The molecule has 0 saturated carbocycles. The third-order valence-corrected chi connectivity index (χ3v) is 5.36. The summed E-state index contributed by atoms with van der Waals surface area (Å²) in [6.45, 7) is 5.24. The molecule has 28 heavy (non-hydrogen) atoms. The highest BCUT2D eigenvalue weighted by molar-refractivity contribution is 6.30. The Morgan fingerprint density at radius 3 is 2.43 bits per heavy atom. The zero-order valence-corrected chi connectivity index (χ0v) is 17.4. The van der Waals surface area contributed by atoms with Crippen molar-refractivity contribution in [3.8, 4) is 0 Å². The van der Waals surface area contributed by atoms with Crippen molar-refractivity contribution in [2.24, 2.45) is 5.92 Å². The molecule has 0 radical (unpaired) electrons. The van der Waals surface area contributed by atoms with Gasteiger partial charge in [-0.2, -0.15) is 0 Å². The molecular weight excluding hydrogens is 382 g/mol. The van der Waals surface area contributed by atoms with E-state index < -0.39 is 0 Å². The minimum Gasteiger partial charge on any atom is -0.466 e. The summed E-state index contributed by atoms with van der Waals surface area (Å²) < 4.78 is 5.06. The van der Waals surface area contributed by atoms with Gasteiger partial charge in [0.05, 0.1) is 19.6 Å². The third kappa shape index (κ3) is 6.21. The zero-order valence-electron chi connectivity index (χ0n) is 16.7. The lowest BCUT2D eigenvalue weighted by molar-refractivity contribution is -0.886. The van der Waals surface area contributed by atoms with Crippen LogP contribution in [0.4, 0.5) is 5.69 Å². The first kappa shape index (κ1) is 22.2. The number of rotatable bonds is 7. The first-order valence-corrected chi connectivity index (χ1v) is 10.0. The summed E-state index contributed by atoms with van der Waals surface area (Å²) in [4.78, 5) is 39.4. The molecule has 8 heteroatoms. The number of carbonyl (C=O) groups is 3. The predicted molar refractivity (Wildman–Crippen MR) is 107 cm³/mol. The molecule has 0 aromatic heterocycles. The van der Waals surface area contributed by atoms with E-state index in [2.05, 4.69) is 5.32 Å². The van der Waals surface area contributed by atoms with E-state index in [0.717, 1.165) is 4.90 Å². The Kier molecular flexibility index (Phi) is 8.26. The molecule has 1 fully saturated rings. The molecule has 2 atom stereocenters. The highest BCUT2D eigenvalue weighted by Crippen LogP contribution is 2.19. The van der Waals surface area contributed by atoms with Crippen LogP contribution in [0.2, 0.25) is 5.02 Å². The number of likely N-dealkylation sites (tertiary alicyclic amines) is 1. The molecule has 1 aliphatic rings. The SMILES string of the molecule is CCOC(=O)C1CCN(C(=O)[C@H](C)[NH+](C)CC(=O)Nc2ccc(Cl)cc2)CC1. The number of halogens is 1. The molecule has 2 N–H and O–H groups in total. The number of piperidine rings is 1. The van der Waals surface area contributed by atoms with Crippen LogP contribution < -0.4 is 10.2 Å². The number of hydrogen-bond donors (Lipinski definition) is 2. The van der Waals surface area contributed by atoms with Crippen molar-refractivity contribution in [3.05, 3.63) is 29.3 Å². The van der Waals surface area contributed by atoms with Crippen molar-refractivity contribution in [3.63, 3.8) is 0 Å². The largest absolute Gasteiger partial charge is 0.466 e. The molecule has 2 amide bonds. The number of quaternary nitrogens is 1. The van der Waals surface area contributed by atoms with Crippen LogP contribution in [0.15, 0.2) is 24.3 Å². The number of nitrogens with one attached hydrogen (secondary N) is 2. The lowest BCUT2D eigenvalue weighted by Crippen LogP contribution is -3.15. The van der Waals surface area contributed by atoms with Gasteiger partial charge in [-0.05, 0) is 51.0 Å². The van der Waals surface area contributed by atoms with E-state index in [0.29, 0.717) is 43.2 Å². The van der Waals surface area contributed by atoms with Crippen molar-refractivity contribution in [2.75, 3.05) is 38.6 Å². The van der Waals surface area contributed by atoms with Gasteiger partial charge < -0.3 is 19.9 Å². The quantitative estimate of drug-likeness (QED) is 0.657. The molecule has 1 aromatic rings. The summed E-state index contributed by atoms with van der Waals surface area (Å²) in [5, 5.41) is 3.41. The van der Waals surface area contributed by atoms with E-state index in [-0.39, 0.29) is 36.3 Å². The van der Waals surface area contributed by atoms with Gasteiger partial charge in [0.15, 0.2) is 12.6 Å². The van der Waals surface area contributed by atoms with Gasteiger partial charge in [0.2, 0.25) is 0 Å². The molecule has 1 aliphatic heterocycles. The van der Waals surface area contributed by atoms with Gasteiger partial charge in [0.25, 0.3) is 11.8 Å². The lowest BCUT2D eigenvalue weighted by atomic mass is 9.96. The molecule has 1 unspecified atom stereocenters. The lowest BCUT2D eigenvalue weighted by Gasteiger charge is -2.33. The number of ether oxygens (including phenoxy) is 1. The molecule has 0 aliphatic carbocycles. The van der Waals surface area contributed by atoms with Crippen LogP contribution in [0, 0.1) is 5.92 Å². The number of amides is 2. The van der Waals surface area contributed by atoms with E-state index in [4.69, 9.17) is 16.3 Å². The predicted octanol–water partition coefficient (Wildman–Crippen LogP) is 0.983. The Bertz CT molecular complexity index is 687. The standard InChI is InChI=1S/C20H28ClN3O4/c1-4-28-20(27)15-9-11-24(12-10-15)19(26)14(2)23(3)13-18(25)22-17-7-5-16(21)6-8-17/h5-8,14-15H,4,9-13H2,1-3H3,(H,22,25)/p+1/t14-/m0/s1. The summed E-state index contributed by atoms with van der Waals surface area (Å²) in [5.41, 5.74) is 0.669. The van der Waals surface area contributed by atoms with Gasteiger partial charge in [-0.15, -0.1) is 0 Å². The zero-order chi connectivity index (χ0) is 20.7. The molecule has 2 rings (SSSR count). The minimum absolute atomic E-state index is 0.000832. The number of esters is 1. The average Bonchev–Trinajstić information content (AvgIpc) is 2.68. The molecule has 1 heterocycles. The Balaban J connectivity index is 1.81. The summed E-state index contributed by atoms with van der Waals surface area (Å²) in [5.74, 6) is -0.474. The van der Waals surface area contributed by atoms with Crippen molar-refractivity contribution in [2.45, 2.75) is 32.7 Å². The van der Waals surface area contributed by atoms with Crippen LogP contribution in [0.3, 0.4) is 0 Å². The first-order chi connectivity index (χ1) is 13.3. The fourth-order valence-electron chi connectivity index (χ4n) is 3.23. The monoisotopic (exact) mass is 410 g/mol. The topological polar surface area (TPSA) is 80.2 Å². The van der Waals surface area contributed by atoms with Gasteiger partial charge in [0, 0.05) is 23.8 Å². The number of likely N-dealkylation sites (N-methyl/N-ethyl adjacent to an activating group) is 1. The minimum atomic E-state index is -0.352. The molecule has 0 spiro atoms. The number of carbonyl (C=O) groups excluding carboxylic acids is 3. The summed E-state index contributed by atoms with van der Waals surface area (Å²) in [6, 6.07) is 6.53. The average molecular weight is 411 g/mol. The van der Waals surface area contributed by atoms with Crippen LogP contribution in [0.1, 0.15) is 26.7 Å². The van der Waals surface area contributed by atoms with Crippen LogP contribution in [0.5, 0.6) is 0 Å². The Hall–Kier alpha value is -2.12. The summed E-state index contributed by atoms with van der Waals surface area (Å²) in [7, 11) is 1.83. The van der Waals surface area contributed by atoms with Crippen LogP contribution in [0.25, 0.3) is 0 Å². The van der Waals surface area contributed by atoms with Crippen LogP contribution >= 0.6 is 11.6 Å². The fraction of sp³-hybridized carbons (Fsp3) is 0.550. The van der Waals surface area contributed by atoms with Crippen molar-refractivity contribution in [1.82, 2.24) is 4.90 Å². The summed E-state index contributed by atoms with van der Waals surface area (Å²) >= 11 is 5.84. The molecule has 1 aromatic carbocycles. The molecule has 0 bridgehead atoms. The Morgan fingerprint density at radius 1 is 1.25 bits per heavy atom. The Labute approximate surface area is 171 Å². The normalized spacial score (nSPS) is 16.9. The first-order valence-electron chi connectivity index (χ1n) is 9.65. The number of hydrogen-bond acceptors (Lipinski definition) is 4. The molecule has 7 nitrogen and oxygen atoms in total. The van der Waals surface area contributed by atoms with Gasteiger partial charge >= 0.3 is 5.97 Å². The van der Waals surface area contributed by atoms with Gasteiger partial charge in [-0.1, -0.05) is 11.6 Å². The molecule has 1 saturated heterocycles. The molecular formula is C20H29ClN3O4+. The second kappa shape index (κ2) is 10.4. The van der Waals surface area contributed by atoms with Crippen LogP contribution in [-0.4, -0.2) is 62.0 Å². The van der Waals surface area contributed by atoms with Crippen molar-refractivity contribution >= 4 is 35.1 Å².